The maximum Gasteiger partial charge on any atom is 0.228 e. The standard InChI is InChI=1S/C15H18N2O2S/c1-8-9(2)13(19-4)10(3)14-12(8)16-15(20-14)17-7-5-6-11(17)18/h5-7H2,1-4H3. The Bertz CT molecular complexity index is 706. The molecule has 2 heterocycles. The average molecular weight is 290 g/mol. The minimum atomic E-state index is 0.183. The second kappa shape index (κ2) is 4.74. The van der Waals surface area contributed by atoms with E-state index in [1.165, 1.54) is 0 Å². The van der Waals surface area contributed by atoms with Crippen LogP contribution in [0.4, 0.5) is 5.13 Å². The Kier molecular flexibility index (Phi) is 3.17. The molecule has 1 amide bonds. The highest BCUT2D eigenvalue weighted by molar-refractivity contribution is 7.22. The Morgan fingerprint density at radius 2 is 1.95 bits per heavy atom. The number of thiazole rings is 1. The number of carbonyl (C=O) groups excluding carboxylic acids is 1. The van der Waals surface area contributed by atoms with Crippen molar-refractivity contribution in [2.45, 2.75) is 33.6 Å². The molecule has 0 radical (unpaired) electrons. The highest BCUT2D eigenvalue weighted by Gasteiger charge is 2.26. The summed E-state index contributed by atoms with van der Waals surface area (Å²) in [6, 6.07) is 0. The second-order valence-electron chi connectivity index (χ2n) is 5.23. The van der Waals surface area contributed by atoms with Crippen molar-refractivity contribution in [3.63, 3.8) is 0 Å². The molecule has 1 aliphatic rings. The van der Waals surface area contributed by atoms with Gasteiger partial charge < -0.3 is 4.74 Å². The molecule has 1 saturated heterocycles. The molecule has 1 fully saturated rings. The Balaban J connectivity index is 2.23. The number of methoxy groups -OCH3 is 1. The van der Waals surface area contributed by atoms with Crippen LogP contribution in [0, 0.1) is 20.8 Å². The normalized spacial score (nSPS) is 15.4. The van der Waals surface area contributed by atoms with E-state index in [4.69, 9.17) is 9.72 Å². The largest absolute Gasteiger partial charge is 0.496 e. The first-order chi connectivity index (χ1) is 9.54. The van der Waals surface area contributed by atoms with Gasteiger partial charge in [-0.05, 0) is 38.3 Å². The van der Waals surface area contributed by atoms with E-state index in [0.717, 1.165) is 50.8 Å². The van der Waals surface area contributed by atoms with Gasteiger partial charge in [-0.1, -0.05) is 11.3 Å². The predicted molar refractivity (Wildman–Crippen MR) is 82.0 cm³/mol. The summed E-state index contributed by atoms with van der Waals surface area (Å²) in [6.07, 6.45) is 1.56. The fraction of sp³-hybridized carbons (Fsp3) is 0.467. The van der Waals surface area contributed by atoms with Crippen LogP contribution in [0.2, 0.25) is 0 Å². The Morgan fingerprint density at radius 1 is 1.20 bits per heavy atom. The number of aromatic nitrogens is 1. The quantitative estimate of drug-likeness (QED) is 0.851. The third-order valence-electron chi connectivity index (χ3n) is 4.06. The average Bonchev–Trinajstić information content (AvgIpc) is 3.03. The number of nitrogens with zero attached hydrogens (tertiary/aromatic N) is 2. The summed E-state index contributed by atoms with van der Waals surface area (Å²) in [4.78, 5) is 18.4. The van der Waals surface area contributed by atoms with Gasteiger partial charge in [0.2, 0.25) is 5.91 Å². The lowest BCUT2D eigenvalue weighted by molar-refractivity contribution is -0.117. The van der Waals surface area contributed by atoms with E-state index >= 15 is 0 Å². The Hall–Kier alpha value is -1.62. The van der Waals surface area contributed by atoms with E-state index in [-0.39, 0.29) is 5.91 Å². The van der Waals surface area contributed by atoms with E-state index in [9.17, 15) is 4.79 Å². The summed E-state index contributed by atoms with van der Waals surface area (Å²) in [5.41, 5.74) is 4.38. The molecule has 0 atom stereocenters. The first kappa shape index (κ1) is 13.4. The molecule has 1 aromatic heterocycles. The van der Waals surface area contributed by atoms with Crippen molar-refractivity contribution in [2.24, 2.45) is 0 Å². The topological polar surface area (TPSA) is 42.4 Å². The lowest BCUT2D eigenvalue weighted by Crippen LogP contribution is -2.23. The first-order valence-corrected chi connectivity index (χ1v) is 7.61. The van der Waals surface area contributed by atoms with Gasteiger partial charge >= 0.3 is 0 Å². The third kappa shape index (κ3) is 1.80. The van der Waals surface area contributed by atoms with Crippen LogP contribution in [-0.4, -0.2) is 24.5 Å². The Labute approximate surface area is 122 Å². The number of aryl methyl sites for hydroxylation is 2. The fourth-order valence-electron chi connectivity index (χ4n) is 2.82. The van der Waals surface area contributed by atoms with Crippen LogP contribution in [-0.2, 0) is 4.79 Å². The maximum absolute atomic E-state index is 11.9. The molecule has 0 aliphatic carbocycles. The molecule has 106 valence electrons. The van der Waals surface area contributed by atoms with Crippen molar-refractivity contribution in [2.75, 3.05) is 18.6 Å². The van der Waals surface area contributed by atoms with Gasteiger partial charge in [0, 0.05) is 18.5 Å². The van der Waals surface area contributed by atoms with Gasteiger partial charge in [0.1, 0.15) is 5.75 Å². The number of hydrogen-bond donors (Lipinski definition) is 0. The molecule has 5 heteroatoms. The molecule has 0 saturated carbocycles. The number of fused-ring (bicyclic) bond motifs is 1. The minimum Gasteiger partial charge on any atom is -0.496 e. The molecule has 1 aromatic carbocycles. The van der Waals surface area contributed by atoms with Gasteiger partial charge in [0.15, 0.2) is 5.13 Å². The fourth-order valence-corrected chi connectivity index (χ4v) is 3.99. The van der Waals surface area contributed by atoms with Crippen molar-refractivity contribution in [1.29, 1.82) is 0 Å². The van der Waals surface area contributed by atoms with Gasteiger partial charge in [-0.15, -0.1) is 0 Å². The first-order valence-electron chi connectivity index (χ1n) is 6.79. The third-order valence-corrected chi connectivity index (χ3v) is 5.26. The highest BCUT2D eigenvalue weighted by atomic mass is 32.1. The van der Waals surface area contributed by atoms with E-state index < -0.39 is 0 Å². The van der Waals surface area contributed by atoms with Crippen molar-refractivity contribution in [3.8, 4) is 5.75 Å². The zero-order chi connectivity index (χ0) is 14.4. The van der Waals surface area contributed by atoms with Crippen LogP contribution in [0.5, 0.6) is 5.75 Å². The van der Waals surface area contributed by atoms with Crippen molar-refractivity contribution in [1.82, 2.24) is 4.98 Å². The number of amides is 1. The van der Waals surface area contributed by atoms with Crippen LogP contribution in [0.15, 0.2) is 0 Å². The number of ether oxygens (including phenoxy) is 1. The molecule has 1 aliphatic heterocycles. The molecule has 2 aromatic rings. The molecule has 20 heavy (non-hydrogen) atoms. The van der Waals surface area contributed by atoms with E-state index in [1.54, 1.807) is 18.4 Å². The molecule has 3 rings (SSSR count). The summed E-state index contributed by atoms with van der Waals surface area (Å²) in [5, 5.41) is 0.821. The van der Waals surface area contributed by atoms with Gasteiger partial charge in [0.25, 0.3) is 0 Å². The van der Waals surface area contributed by atoms with Gasteiger partial charge in [-0.25, -0.2) is 4.98 Å². The lowest BCUT2D eigenvalue weighted by atomic mass is 10.0. The minimum absolute atomic E-state index is 0.183. The van der Waals surface area contributed by atoms with E-state index in [2.05, 4.69) is 20.8 Å². The van der Waals surface area contributed by atoms with Crippen LogP contribution in [0.3, 0.4) is 0 Å². The molecular formula is C15H18N2O2S. The molecule has 0 unspecified atom stereocenters. The molecule has 0 N–H and O–H groups in total. The smallest absolute Gasteiger partial charge is 0.228 e. The van der Waals surface area contributed by atoms with E-state index in [1.807, 2.05) is 4.90 Å². The number of carbonyl (C=O) groups is 1. The predicted octanol–water partition coefficient (Wildman–Crippen LogP) is 3.36. The van der Waals surface area contributed by atoms with Crippen LogP contribution < -0.4 is 9.64 Å². The summed E-state index contributed by atoms with van der Waals surface area (Å²) < 4.78 is 6.64. The SMILES string of the molecule is COc1c(C)c(C)c2nc(N3CCCC3=O)sc2c1C. The second-order valence-corrected chi connectivity index (χ2v) is 6.21. The number of anilines is 1. The van der Waals surface area contributed by atoms with Crippen molar-refractivity contribution < 1.29 is 9.53 Å². The zero-order valence-electron chi connectivity index (χ0n) is 12.2. The zero-order valence-corrected chi connectivity index (χ0v) is 13.1. The molecule has 0 spiro atoms. The van der Waals surface area contributed by atoms with Crippen LogP contribution >= 0.6 is 11.3 Å². The van der Waals surface area contributed by atoms with Crippen LogP contribution in [0.1, 0.15) is 29.5 Å². The van der Waals surface area contributed by atoms with Crippen molar-refractivity contribution in [3.05, 3.63) is 16.7 Å². The number of benzene rings is 1. The highest BCUT2D eigenvalue weighted by Crippen LogP contribution is 2.40. The summed E-state index contributed by atoms with van der Waals surface area (Å²) in [7, 11) is 1.70. The summed E-state index contributed by atoms with van der Waals surface area (Å²) >= 11 is 1.59. The lowest BCUT2D eigenvalue weighted by Gasteiger charge is -2.11. The Morgan fingerprint density at radius 3 is 2.55 bits per heavy atom. The molecule has 4 nitrogen and oxygen atoms in total. The van der Waals surface area contributed by atoms with Crippen molar-refractivity contribution >= 4 is 32.6 Å². The maximum atomic E-state index is 11.9. The van der Waals surface area contributed by atoms with Gasteiger partial charge in [0.05, 0.1) is 17.3 Å². The summed E-state index contributed by atoms with van der Waals surface area (Å²) in [5.74, 6) is 1.11. The number of hydrogen-bond acceptors (Lipinski definition) is 4. The van der Waals surface area contributed by atoms with Gasteiger partial charge in [-0.3, -0.25) is 9.69 Å². The summed E-state index contributed by atoms with van der Waals surface area (Å²) in [6.45, 7) is 6.96. The molecular weight excluding hydrogens is 272 g/mol. The van der Waals surface area contributed by atoms with E-state index in [0.29, 0.717) is 6.42 Å². The molecule has 0 bridgehead atoms. The number of rotatable bonds is 2. The monoisotopic (exact) mass is 290 g/mol. The van der Waals surface area contributed by atoms with Crippen LogP contribution in [0.25, 0.3) is 10.2 Å². The van der Waals surface area contributed by atoms with Gasteiger partial charge in [-0.2, -0.15) is 0 Å².